The van der Waals surface area contributed by atoms with Gasteiger partial charge in [0.15, 0.2) is 0 Å². The van der Waals surface area contributed by atoms with Gasteiger partial charge >= 0.3 is 0 Å². The van der Waals surface area contributed by atoms with Crippen LogP contribution in [-0.2, 0) is 4.84 Å². The minimum atomic E-state index is 0.625. The van der Waals surface area contributed by atoms with Crippen molar-refractivity contribution in [1.29, 1.82) is 0 Å². The van der Waals surface area contributed by atoms with Crippen LogP contribution in [0.15, 0.2) is 0 Å². The molecule has 0 saturated heterocycles. The van der Waals surface area contributed by atoms with Gasteiger partial charge in [-0.25, -0.2) is 0 Å². The van der Waals surface area contributed by atoms with E-state index in [9.17, 15) is 0 Å². The van der Waals surface area contributed by atoms with Gasteiger partial charge in [0.1, 0.15) is 0 Å². The molecule has 2 heteroatoms. The summed E-state index contributed by atoms with van der Waals surface area (Å²) in [6.45, 7) is 10.0. The predicted molar refractivity (Wildman–Crippen MR) is 43.4 cm³/mol. The Labute approximate surface area is 64.1 Å². The molecular weight excluding hydrogens is 126 g/mol. The smallest absolute Gasteiger partial charge is 0.0575 e. The average molecular weight is 144 g/mol. The third kappa shape index (κ3) is 3.85. The lowest BCUT2D eigenvalue weighted by atomic mass is 10.1. The van der Waals surface area contributed by atoms with E-state index in [4.69, 9.17) is 4.84 Å². The summed E-state index contributed by atoms with van der Waals surface area (Å²) in [6.07, 6.45) is 0.972. The van der Waals surface area contributed by atoms with Gasteiger partial charge in [-0.3, -0.25) is 0 Å². The minimum Gasteiger partial charge on any atom is -0.302 e. The molecule has 10 heavy (non-hydrogen) atoms. The van der Waals surface area contributed by atoms with Crippen molar-refractivity contribution in [3.8, 4) is 0 Å². The molecule has 0 amide bonds. The molecule has 1 radical (unpaired) electrons. The lowest BCUT2D eigenvalue weighted by Crippen LogP contribution is -2.27. The van der Waals surface area contributed by atoms with E-state index >= 15 is 0 Å². The first-order valence-corrected chi connectivity index (χ1v) is 3.82. The Kier molecular flexibility index (Phi) is 5.64. The van der Waals surface area contributed by atoms with E-state index in [1.165, 1.54) is 0 Å². The van der Waals surface area contributed by atoms with Crippen molar-refractivity contribution in [2.24, 2.45) is 5.92 Å². The van der Waals surface area contributed by atoms with Crippen molar-refractivity contribution < 1.29 is 4.84 Å². The van der Waals surface area contributed by atoms with Crippen LogP contribution in [0.3, 0.4) is 0 Å². The molecule has 0 aromatic rings. The molecule has 2 nitrogen and oxygen atoms in total. The highest BCUT2D eigenvalue weighted by Crippen LogP contribution is 2.02. The van der Waals surface area contributed by atoms with Crippen LogP contribution in [0.4, 0.5) is 0 Å². The zero-order valence-corrected chi connectivity index (χ0v) is 7.26. The summed E-state index contributed by atoms with van der Waals surface area (Å²) in [7, 11) is 1.71. The highest BCUT2D eigenvalue weighted by atomic mass is 16.7. The van der Waals surface area contributed by atoms with E-state index in [1.54, 1.807) is 7.11 Å². The van der Waals surface area contributed by atoms with E-state index in [-0.39, 0.29) is 0 Å². The lowest BCUT2D eigenvalue weighted by Gasteiger charge is -2.20. The van der Waals surface area contributed by atoms with Crippen LogP contribution < -0.4 is 0 Å². The van der Waals surface area contributed by atoms with E-state index in [1.807, 2.05) is 5.06 Å². The van der Waals surface area contributed by atoms with Crippen molar-refractivity contribution in [3.05, 3.63) is 6.92 Å². The lowest BCUT2D eigenvalue weighted by molar-refractivity contribution is -0.134. The van der Waals surface area contributed by atoms with Crippen molar-refractivity contribution in [2.45, 2.75) is 20.3 Å². The Bertz CT molecular complexity index is 71.7. The molecule has 0 aromatic heterocycles. The molecular formula is C8H18NO. The monoisotopic (exact) mass is 144 g/mol. The Hall–Kier alpha value is -0.0800. The summed E-state index contributed by atoms with van der Waals surface area (Å²) in [6, 6.07) is 0. The average Bonchev–Trinajstić information content (AvgIpc) is 1.99. The minimum absolute atomic E-state index is 0.625. The van der Waals surface area contributed by atoms with E-state index < -0.39 is 0 Å². The molecule has 0 bridgehead atoms. The van der Waals surface area contributed by atoms with E-state index in [0.717, 1.165) is 19.5 Å². The normalized spacial score (nSPS) is 14.1. The maximum absolute atomic E-state index is 5.08. The van der Waals surface area contributed by atoms with Crippen LogP contribution in [0.1, 0.15) is 20.3 Å². The van der Waals surface area contributed by atoms with Crippen LogP contribution in [0.5, 0.6) is 0 Å². The molecule has 1 unspecified atom stereocenters. The fourth-order valence-electron chi connectivity index (χ4n) is 0.772. The van der Waals surface area contributed by atoms with Crippen molar-refractivity contribution in [2.75, 3.05) is 20.2 Å². The maximum atomic E-state index is 5.08. The molecule has 0 N–H and O–H groups in total. The first-order chi connectivity index (χ1) is 4.74. The molecule has 61 valence electrons. The van der Waals surface area contributed by atoms with Crippen LogP contribution in [-0.4, -0.2) is 25.3 Å². The molecule has 0 aromatic carbocycles. The largest absolute Gasteiger partial charge is 0.302 e. The Morgan fingerprint density at radius 3 is 2.50 bits per heavy atom. The summed E-state index contributed by atoms with van der Waals surface area (Å²) in [5.41, 5.74) is 0. The van der Waals surface area contributed by atoms with Crippen LogP contribution in [0, 0.1) is 12.8 Å². The fourth-order valence-corrected chi connectivity index (χ4v) is 0.772. The van der Waals surface area contributed by atoms with Gasteiger partial charge in [0, 0.05) is 13.1 Å². The Morgan fingerprint density at radius 1 is 1.60 bits per heavy atom. The van der Waals surface area contributed by atoms with Crippen molar-refractivity contribution in [3.63, 3.8) is 0 Å². The first kappa shape index (κ1) is 9.92. The zero-order chi connectivity index (χ0) is 7.98. The summed E-state index contributed by atoms with van der Waals surface area (Å²) in [5.74, 6) is 0.625. The van der Waals surface area contributed by atoms with Gasteiger partial charge in [-0.1, -0.05) is 20.8 Å². The first-order valence-electron chi connectivity index (χ1n) is 3.82. The standard InChI is InChI=1S/C8H18NO/c1-5-8(3)7-9(6-2)10-4/h8H,1,5-7H2,2-4H3. The number of hydrogen-bond acceptors (Lipinski definition) is 2. The molecule has 0 aliphatic heterocycles. The second-order valence-electron chi connectivity index (χ2n) is 2.56. The Morgan fingerprint density at radius 2 is 2.20 bits per heavy atom. The van der Waals surface area contributed by atoms with Gasteiger partial charge in [0.25, 0.3) is 0 Å². The highest BCUT2D eigenvalue weighted by molar-refractivity contribution is 4.56. The number of hydrogen-bond donors (Lipinski definition) is 0. The molecule has 0 aliphatic rings. The highest BCUT2D eigenvalue weighted by Gasteiger charge is 2.04. The third-order valence-electron chi connectivity index (χ3n) is 1.62. The zero-order valence-electron chi connectivity index (χ0n) is 7.26. The van der Waals surface area contributed by atoms with Crippen molar-refractivity contribution in [1.82, 2.24) is 5.06 Å². The van der Waals surface area contributed by atoms with Gasteiger partial charge in [-0.15, -0.1) is 0 Å². The summed E-state index contributed by atoms with van der Waals surface area (Å²) in [5, 5.41) is 1.94. The topological polar surface area (TPSA) is 12.5 Å². The molecule has 1 atom stereocenters. The summed E-state index contributed by atoms with van der Waals surface area (Å²) in [4.78, 5) is 5.08. The molecule has 0 aliphatic carbocycles. The molecule has 0 rings (SSSR count). The number of nitrogens with zero attached hydrogens (tertiary/aromatic N) is 1. The Balaban J connectivity index is 3.41. The number of hydroxylamine groups is 2. The molecule has 0 saturated carbocycles. The van der Waals surface area contributed by atoms with Gasteiger partial charge in [0.2, 0.25) is 0 Å². The SMILES string of the molecule is [CH2]CC(C)CN(CC)OC. The van der Waals surface area contributed by atoms with Crippen LogP contribution >= 0.6 is 0 Å². The van der Waals surface area contributed by atoms with Crippen LogP contribution in [0.2, 0.25) is 0 Å². The van der Waals surface area contributed by atoms with E-state index in [0.29, 0.717) is 5.92 Å². The fraction of sp³-hybridized carbons (Fsp3) is 0.875. The summed E-state index contributed by atoms with van der Waals surface area (Å²) >= 11 is 0. The quantitative estimate of drug-likeness (QED) is 0.545. The van der Waals surface area contributed by atoms with Gasteiger partial charge in [0.05, 0.1) is 7.11 Å². The van der Waals surface area contributed by atoms with Gasteiger partial charge < -0.3 is 4.84 Å². The second-order valence-corrected chi connectivity index (χ2v) is 2.56. The second kappa shape index (κ2) is 5.69. The molecule has 0 spiro atoms. The van der Waals surface area contributed by atoms with Crippen molar-refractivity contribution >= 4 is 0 Å². The molecule has 0 fully saturated rings. The number of rotatable bonds is 5. The third-order valence-corrected chi connectivity index (χ3v) is 1.62. The van der Waals surface area contributed by atoms with Gasteiger partial charge in [-0.05, 0) is 12.3 Å². The van der Waals surface area contributed by atoms with E-state index in [2.05, 4.69) is 20.8 Å². The van der Waals surface area contributed by atoms with Crippen LogP contribution in [0.25, 0.3) is 0 Å². The summed E-state index contributed by atoms with van der Waals surface area (Å²) < 4.78 is 0. The maximum Gasteiger partial charge on any atom is 0.0575 e. The molecule has 0 heterocycles. The predicted octanol–water partition coefficient (Wildman–Crippen LogP) is 1.73. The van der Waals surface area contributed by atoms with Gasteiger partial charge in [-0.2, -0.15) is 5.06 Å².